The number of aromatic amines is 1. The van der Waals surface area contributed by atoms with E-state index in [1.165, 1.54) is 18.5 Å². The topological polar surface area (TPSA) is 171 Å². The number of hydrogen-bond donors (Lipinski definition) is 4. The Morgan fingerprint density at radius 1 is 1.17 bits per heavy atom. The standard InChI is InChI=1S/C31H24F4N8O4/c1-30(46,29(45)39-18-6-3-16(12-36)21(11-18)31(33,34)35)13-47-19-7-4-15(5-8-19)25-24(27-37-14-38-43(27)2)26-23-20(28(44)42-41-26)9-17(32)10-22(23)40-25/h3-11,14,24-25,40,46H,13H2,1-2H3,(H,39,45)(H,42,44)/t24?,25-,30?/m0/s1. The van der Waals surface area contributed by atoms with Gasteiger partial charge in [0.2, 0.25) is 0 Å². The van der Waals surface area contributed by atoms with Gasteiger partial charge in [-0.3, -0.25) is 14.3 Å². The molecule has 0 aliphatic carbocycles. The molecule has 2 aromatic heterocycles. The van der Waals surface area contributed by atoms with Crippen LogP contribution in [-0.2, 0) is 18.0 Å². The number of amides is 1. The summed E-state index contributed by atoms with van der Waals surface area (Å²) in [6, 6.07) is 12.5. The van der Waals surface area contributed by atoms with E-state index in [-0.39, 0.29) is 16.8 Å². The molecule has 240 valence electrons. The number of benzene rings is 3. The third-order valence-electron chi connectivity index (χ3n) is 7.80. The van der Waals surface area contributed by atoms with Gasteiger partial charge in [0.15, 0.2) is 5.60 Å². The van der Waals surface area contributed by atoms with Gasteiger partial charge in [0, 0.05) is 23.8 Å². The summed E-state index contributed by atoms with van der Waals surface area (Å²) in [7, 11) is 1.71. The smallest absolute Gasteiger partial charge is 0.417 e. The number of nitrogens with zero attached hydrogens (tertiary/aromatic N) is 5. The van der Waals surface area contributed by atoms with E-state index in [0.717, 1.165) is 25.1 Å². The van der Waals surface area contributed by atoms with E-state index in [1.54, 1.807) is 36.0 Å². The van der Waals surface area contributed by atoms with Crippen molar-refractivity contribution in [1.82, 2.24) is 25.0 Å². The first-order valence-electron chi connectivity index (χ1n) is 14.0. The molecule has 0 spiro atoms. The van der Waals surface area contributed by atoms with Gasteiger partial charge in [0.05, 0.1) is 40.2 Å². The summed E-state index contributed by atoms with van der Waals surface area (Å²) < 4.78 is 61.7. The number of hydrogen-bond acceptors (Lipinski definition) is 9. The Kier molecular flexibility index (Phi) is 7.64. The lowest BCUT2D eigenvalue weighted by Gasteiger charge is -2.33. The number of carbonyl (C=O) groups excluding carboxylic acids is 1. The molecule has 3 heterocycles. The van der Waals surface area contributed by atoms with Crippen LogP contribution < -0.4 is 20.9 Å². The van der Waals surface area contributed by atoms with Crippen molar-refractivity contribution in [3.8, 4) is 11.8 Å². The molecule has 6 rings (SSSR count). The molecule has 5 aromatic rings. The molecule has 0 fully saturated rings. The lowest BCUT2D eigenvalue weighted by molar-refractivity contribution is -0.138. The molecule has 1 amide bonds. The summed E-state index contributed by atoms with van der Waals surface area (Å²) in [5.74, 6) is -1.45. The Hall–Kier alpha value is -5.82. The molecule has 1 aliphatic heterocycles. The average Bonchev–Trinajstić information content (AvgIpc) is 3.46. The maximum Gasteiger partial charge on any atom is 0.417 e. The molecule has 1 aliphatic rings. The molecule has 47 heavy (non-hydrogen) atoms. The van der Waals surface area contributed by atoms with E-state index in [4.69, 9.17) is 10.00 Å². The fraction of sp³-hybridized carbons (Fsp3) is 0.226. The van der Waals surface area contributed by atoms with Crippen LogP contribution in [0.2, 0.25) is 0 Å². The summed E-state index contributed by atoms with van der Waals surface area (Å²) in [5, 5.41) is 36.8. The molecule has 0 saturated heterocycles. The number of aromatic nitrogens is 5. The lowest BCUT2D eigenvalue weighted by Crippen LogP contribution is -2.45. The minimum absolute atomic E-state index is 0.128. The van der Waals surface area contributed by atoms with E-state index in [1.807, 2.05) is 0 Å². The average molecular weight is 649 g/mol. The van der Waals surface area contributed by atoms with Crippen LogP contribution >= 0.6 is 0 Å². The zero-order chi connectivity index (χ0) is 33.7. The number of aliphatic hydroxyl groups is 1. The first kappa shape index (κ1) is 31.2. The van der Waals surface area contributed by atoms with Gasteiger partial charge in [-0.15, -0.1) is 0 Å². The maximum absolute atomic E-state index is 14.5. The van der Waals surface area contributed by atoms with Crippen LogP contribution in [0.5, 0.6) is 5.75 Å². The largest absolute Gasteiger partial charge is 0.490 e. The normalized spacial score (nSPS) is 17.0. The zero-order valence-corrected chi connectivity index (χ0v) is 24.6. The maximum atomic E-state index is 14.5. The van der Waals surface area contributed by atoms with Gasteiger partial charge in [0.1, 0.15) is 30.3 Å². The van der Waals surface area contributed by atoms with Crippen LogP contribution in [0, 0.1) is 17.1 Å². The first-order valence-corrected chi connectivity index (χ1v) is 14.0. The Morgan fingerprint density at radius 3 is 2.57 bits per heavy atom. The van der Waals surface area contributed by atoms with Crippen molar-refractivity contribution >= 4 is 28.1 Å². The van der Waals surface area contributed by atoms with E-state index >= 15 is 0 Å². The molecule has 3 aromatic carbocycles. The second-order valence-corrected chi connectivity index (χ2v) is 11.1. The number of nitrogens with one attached hydrogen (secondary N) is 3. The third-order valence-corrected chi connectivity index (χ3v) is 7.80. The number of aryl methyl sites for hydroxylation is 1. The highest BCUT2D eigenvalue weighted by atomic mass is 19.4. The van der Waals surface area contributed by atoms with Crippen molar-refractivity contribution in [2.75, 3.05) is 17.2 Å². The van der Waals surface area contributed by atoms with Gasteiger partial charge >= 0.3 is 6.18 Å². The molecule has 12 nitrogen and oxygen atoms in total. The number of rotatable bonds is 7. The Labute approximate surface area is 262 Å². The number of nitriles is 1. The van der Waals surface area contributed by atoms with Gasteiger partial charge in [-0.1, -0.05) is 12.1 Å². The highest BCUT2D eigenvalue weighted by Crippen LogP contribution is 2.46. The highest BCUT2D eigenvalue weighted by molar-refractivity contribution is 5.98. The Bertz CT molecular complexity index is 2120. The molecule has 3 atom stereocenters. The summed E-state index contributed by atoms with van der Waals surface area (Å²) in [6.07, 6.45) is -3.45. The van der Waals surface area contributed by atoms with Crippen molar-refractivity contribution in [2.24, 2.45) is 7.05 Å². The summed E-state index contributed by atoms with van der Waals surface area (Å²) >= 11 is 0. The van der Waals surface area contributed by atoms with Crippen molar-refractivity contribution in [1.29, 1.82) is 5.26 Å². The predicted octanol–water partition coefficient (Wildman–Crippen LogP) is 4.15. The molecule has 0 saturated carbocycles. The fourth-order valence-corrected chi connectivity index (χ4v) is 5.45. The zero-order valence-electron chi connectivity index (χ0n) is 24.6. The number of anilines is 2. The minimum atomic E-state index is -4.83. The van der Waals surface area contributed by atoms with Crippen LogP contribution in [0.3, 0.4) is 0 Å². The summed E-state index contributed by atoms with van der Waals surface area (Å²) in [5.41, 5.74) is -3.30. The molecule has 2 unspecified atom stereocenters. The van der Waals surface area contributed by atoms with E-state index in [0.29, 0.717) is 34.2 Å². The fourth-order valence-electron chi connectivity index (χ4n) is 5.45. The van der Waals surface area contributed by atoms with Gasteiger partial charge in [-0.25, -0.2) is 14.5 Å². The van der Waals surface area contributed by atoms with Crippen LogP contribution in [0.15, 0.2) is 65.7 Å². The van der Waals surface area contributed by atoms with E-state index in [2.05, 4.69) is 30.9 Å². The van der Waals surface area contributed by atoms with Gasteiger partial charge in [0.25, 0.3) is 11.5 Å². The molecular formula is C31H24F4N8O4. The van der Waals surface area contributed by atoms with E-state index < -0.39 is 58.8 Å². The SMILES string of the molecule is Cn1ncnc1C1c2n[nH]c(=O)c3cc(F)cc(c23)N[C@H]1c1ccc(OCC(C)(O)C(=O)Nc2ccc(C#N)c(C(F)(F)F)c2)cc1. The number of H-pyrrole nitrogens is 1. The van der Waals surface area contributed by atoms with Gasteiger partial charge in [-0.05, 0) is 55.0 Å². The van der Waals surface area contributed by atoms with E-state index in [9.17, 15) is 32.3 Å². The molecule has 4 N–H and O–H groups in total. The first-order chi connectivity index (χ1) is 22.3. The number of ether oxygens (including phenoxy) is 1. The van der Waals surface area contributed by atoms with Crippen LogP contribution in [0.1, 0.15) is 47.1 Å². The van der Waals surface area contributed by atoms with Crippen LogP contribution in [-0.4, -0.2) is 48.2 Å². The monoisotopic (exact) mass is 648 g/mol. The quantitative estimate of drug-likeness (QED) is 0.189. The van der Waals surface area contributed by atoms with Gasteiger partial charge in [-0.2, -0.15) is 28.6 Å². The lowest BCUT2D eigenvalue weighted by atomic mass is 9.83. The minimum Gasteiger partial charge on any atom is -0.490 e. The van der Waals surface area contributed by atoms with Crippen LogP contribution in [0.4, 0.5) is 28.9 Å². The number of alkyl halides is 3. The summed E-state index contributed by atoms with van der Waals surface area (Å²) in [4.78, 5) is 29.7. The van der Waals surface area contributed by atoms with Crippen molar-refractivity contribution < 1.29 is 32.2 Å². The predicted molar refractivity (Wildman–Crippen MR) is 159 cm³/mol. The van der Waals surface area contributed by atoms with Crippen molar-refractivity contribution in [3.63, 3.8) is 0 Å². The Balaban J connectivity index is 1.22. The molecule has 16 heteroatoms. The van der Waals surface area contributed by atoms with Crippen LogP contribution in [0.25, 0.3) is 10.8 Å². The summed E-state index contributed by atoms with van der Waals surface area (Å²) in [6.45, 7) is 0.576. The third kappa shape index (κ3) is 5.84. The highest BCUT2D eigenvalue weighted by Gasteiger charge is 2.38. The Morgan fingerprint density at radius 2 is 1.91 bits per heavy atom. The van der Waals surface area contributed by atoms with Crippen molar-refractivity contribution in [3.05, 3.63) is 105 Å². The molecule has 0 radical (unpaired) electrons. The van der Waals surface area contributed by atoms with Crippen molar-refractivity contribution in [2.45, 2.75) is 30.7 Å². The number of carbonyl (C=O) groups is 1. The van der Waals surface area contributed by atoms with Gasteiger partial charge < -0.3 is 20.5 Å². The second kappa shape index (κ2) is 11.5. The molecular weight excluding hydrogens is 624 g/mol. The second-order valence-electron chi connectivity index (χ2n) is 11.1. The molecule has 0 bridgehead atoms. The number of halogens is 4.